The van der Waals surface area contributed by atoms with E-state index in [1.807, 2.05) is 0 Å². The molecule has 1 unspecified atom stereocenters. The maximum absolute atomic E-state index is 12.3. The minimum atomic E-state index is -1.22. The van der Waals surface area contributed by atoms with E-state index in [2.05, 4.69) is 22.4 Å². The summed E-state index contributed by atoms with van der Waals surface area (Å²) in [7, 11) is -1.22. The SMILES string of the molecule is CCCCn1nnnc1COC(=O)c1ccccc1S(=O)CC. The molecule has 23 heavy (non-hydrogen) atoms. The molecule has 2 aromatic rings. The van der Waals surface area contributed by atoms with Crippen LogP contribution in [0.3, 0.4) is 0 Å². The number of carbonyl (C=O) groups excluding carboxylic acids is 1. The number of hydrogen-bond donors (Lipinski definition) is 0. The summed E-state index contributed by atoms with van der Waals surface area (Å²) in [4.78, 5) is 12.8. The van der Waals surface area contributed by atoms with Gasteiger partial charge >= 0.3 is 5.97 Å². The molecular weight excluding hydrogens is 316 g/mol. The molecule has 0 radical (unpaired) electrons. The molecule has 1 aromatic carbocycles. The van der Waals surface area contributed by atoms with Crippen molar-refractivity contribution in [3.05, 3.63) is 35.7 Å². The molecule has 1 heterocycles. The Bertz CT molecular complexity index is 687. The average Bonchev–Trinajstić information content (AvgIpc) is 3.04. The number of carbonyl (C=O) groups is 1. The Labute approximate surface area is 137 Å². The third-order valence-electron chi connectivity index (χ3n) is 3.28. The van der Waals surface area contributed by atoms with Gasteiger partial charge in [-0.2, -0.15) is 0 Å². The van der Waals surface area contributed by atoms with Crippen LogP contribution in [-0.4, -0.2) is 36.1 Å². The number of benzene rings is 1. The van der Waals surface area contributed by atoms with Gasteiger partial charge in [0.15, 0.2) is 12.4 Å². The van der Waals surface area contributed by atoms with E-state index in [0.717, 1.165) is 12.8 Å². The third kappa shape index (κ3) is 4.44. The molecule has 1 atom stereocenters. The lowest BCUT2D eigenvalue weighted by atomic mass is 10.2. The highest BCUT2D eigenvalue weighted by molar-refractivity contribution is 7.85. The highest BCUT2D eigenvalue weighted by Crippen LogP contribution is 2.15. The van der Waals surface area contributed by atoms with Gasteiger partial charge < -0.3 is 4.74 Å². The zero-order valence-electron chi connectivity index (χ0n) is 13.3. The van der Waals surface area contributed by atoms with Crippen molar-refractivity contribution in [1.82, 2.24) is 20.2 Å². The second-order valence-corrected chi connectivity index (χ2v) is 6.59. The summed E-state index contributed by atoms with van der Waals surface area (Å²) < 4.78 is 18.9. The molecule has 0 aliphatic rings. The topological polar surface area (TPSA) is 87.0 Å². The van der Waals surface area contributed by atoms with Crippen LogP contribution in [-0.2, 0) is 28.7 Å². The zero-order valence-corrected chi connectivity index (χ0v) is 14.1. The first-order chi connectivity index (χ1) is 11.2. The van der Waals surface area contributed by atoms with Crippen LogP contribution in [0.5, 0.6) is 0 Å². The lowest BCUT2D eigenvalue weighted by Crippen LogP contribution is -2.13. The van der Waals surface area contributed by atoms with Crippen LogP contribution in [0.25, 0.3) is 0 Å². The standard InChI is InChI=1S/C15H20N4O3S/c1-3-5-10-19-14(16-17-18-19)11-22-15(20)12-8-6-7-9-13(12)23(21)4-2/h6-9H,3-5,10-11H2,1-2H3. The average molecular weight is 336 g/mol. The van der Waals surface area contributed by atoms with Crippen LogP contribution in [0.4, 0.5) is 0 Å². The molecule has 0 spiro atoms. The monoisotopic (exact) mass is 336 g/mol. The highest BCUT2D eigenvalue weighted by atomic mass is 32.2. The molecule has 0 amide bonds. The van der Waals surface area contributed by atoms with E-state index in [-0.39, 0.29) is 6.61 Å². The van der Waals surface area contributed by atoms with Gasteiger partial charge in [0, 0.05) is 12.3 Å². The minimum absolute atomic E-state index is 0.0113. The fourth-order valence-electron chi connectivity index (χ4n) is 2.01. The number of tetrazole rings is 1. The normalized spacial score (nSPS) is 12.1. The Morgan fingerprint density at radius 3 is 2.83 bits per heavy atom. The predicted molar refractivity (Wildman–Crippen MR) is 85.2 cm³/mol. The summed E-state index contributed by atoms with van der Waals surface area (Å²) in [6.45, 7) is 4.56. The van der Waals surface area contributed by atoms with E-state index in [1.165, 1.54) is 0 Å². The predicted octanol–water partition coefficient (Wildman–Crippen LogP) is 1.96. The molecule has 0 aliphatic carbocycles. The number of aromatic nitrogens is 4. The smallest absolute Gasteiger partial charge is 0.339 e. The first kappa shape index (κ1) is 17.3. The van der Waals surface area contributed by atoms with Crippen LogP contribution in [0, 0.1) is 0 Å². The fourth-order valence-corrected chi connectivity index (χ4v) is 2.94. The van der Waals surface area contributed by atoms with E-state index in [0.29, 0.717) is 28.6 Å². The minimum Gasteiger partial charge on any atom is -0.454 e. The first-order valence-electron chi connectivity index (χ1n) is 7.56. The van der Waals surface area contributed by atoms with Crippen molar-refractivity contribution in [1.29, 1.82) is 0 Å². The Morgan fingerprint density at radius 2 is 2.09 bits per heavy atom. The molecular formula is C15H20N4O3S. The zero-order chi connectivity index (χ0) is 16.7. The molecule has 0 saturated heterocycles. The van der Waals surface area contributed by atoms with Crippen molar-refractivity contribution in [2.75, 3.05) is 5.75 Å². The van der Waals surface area contributed by atoms with Crippen molar-refractivity contribution in [2.24, 2.45) is 0 Å². The second kappa shape index (κ2) is 8.52. The summed E-state index contributed by atoms with van der Waals surface area (Å²) in [5, 5.41) is 11.4. The molecule has 124 valence electrons. The van der Waals surface area contributed by atoms with Crippen molar-refractivity contribution < 1.29 is 13.7 Å². The first-order valence-corrected chi connectivity index (χ1v) is 8.88. The number of unbranched alkanes of at least 4 members (excludes halogenated alkanes) is 1. The van der Waals surface area contributed by atoms with Gasteiger partial charge in [-0.25, -0.2) is 9.48 Å². The number of rotatable bonds is 8. The van der Waals surface area contributed by atoms with Gasteiger partial charge in [-0.05, 0) is 29.0 Å². The maximum atomic E-state index is 12.3. The molecule has 2 rings (SSSR count). The molecule has 0 aliphatic heterocycles. The summed E-state index contributed by atoms with van der Waals surface area (Å²) in [6, 6.07) is 6.77. The quantitative estimate of drug-likeness (QED) is 0.685. The summed E-state index contributed by atoms with van der Waals surface area (Å²) >= 11 is 0. The van der Waals surface area contributed by atoms with Gasteiger partial charge in [-0.1, -0.05) is 32.4 Å². The number of nitrogens with zero attached hydrogens (tertiary/aromatic N) is 4. The van der Waals surface area contributed by atoms with Gasteiger partial charge in [0.1, 0.15) is 0 Å². The van der Waals surface area contributed by atoms with Gasteiger partial charge in [-0.3, -0.25) is 4.21 Å². The maximum Gasteiger partial charge on any atom is 0.339 e. The number of aryl methyl sites for hydroxylation is 1. The van der Waals surface area contributed by atoms with Gasteiger partial charge in [0.05, 0.1) is 21.3 Å². The lowest BCUT2D eigenvalue weighted by molar-refractivity contribution is 0.0452. The van der Waals surface area contributed by atoms with E-state index in [4.69, 9.17) is 4.74 Å². The van der Waals surface area contributed by atoms with Crippen molar-refractivity contribution in [2.45, 2.75) is 44.7 Å². The van der Waals surface area contributed by atoms with Crippen LogP contribution in [0.1, 0.15) is 42.9 Å². The molecule has 7 nitrogen and oxygen atoms in total. The van der Waals surface area contributed by atoms with Gasteiger partial charge in [0.2, 0.25) is 0 Å². The van der Waals surface area contributed by atoms with Crippen LogP contribution < -0.4 is 0 Å². The van der Waals surface area contributed by atoms with E-state index in [1.54, 1.807) is 35.9 Å². The summed E-state index contributed by atoms with van der Waals surface area (Å²) in [5.74, 6) is 0.424. The van der Waals surface area contributed by atoms with Gasteiger partial charge in [0.25, 0.3) is 0 Å². The molecule has 8 heteroatoms. The number of ether oxygens (including phenoxy) is 1. The molecule has 0 saturated carbocycles. The molecule has 0 N–H and O–H groups in total. The second-order valence-electron chi connectivity index (χ2n) is 4.88. The van der Waals surface area contributed by atoms with Gasteiger partial charge in [-0.15, -0.1) is 5.10 Å². The van der Waals surface area contributed by atoms with Crippen molar-refractivity contribution in [3.63, 3.8) is 0 Å². The van der Waals surface area contributed by atoms with E-state index < -0.39 is 16.8 Å². The lowest BCUT2D eigenvalue weighted by Gasteiger charge is -2.08. The van der Waals surface area contributed by atoms with Crippen molar-refractivity contribution >= 4 is 16.8 Å². The van der Waals surface area contributed by atoms with Crippen LogP contribution in [0.2, 0.25) is 0 Å². The largest absolute Gasteiger partial charge is 0.454 e. The number of esters is 1. The van der Waals surface area contributed by atoms with E-state index >= 15 is 0 Å². The number of hydrogen-bond acceptors (Lipinski definition) is 6. The molecule has 0 bridgehead atoms. The Hall–Kier alpha value is -2.09. The summed E-state index contributed by atoms with van der Waals surface area (Å²) in [6.07, 6.45) is 1.97. The Kier molecular flexibility index (Phi) is 6.40. The van der Waals surface area contributed by atoms with E-state index in [9.17, 15) is 9.00 Å². The molecule has 0 fully saturated rings. The fraction of sp³-hybridized carbons (Fsp3) is 0.467. The summed E-state index contributed by atoms with van der Waals surface area (Å²) in [5.41, 5.74) is 0.320. The van der Waals surface area contributed by atoms with Crippen LogP contribution >= 0.6 is 0 Å². The van der Waals surface area contributed by atoms with Crippen molar-refractivity contribution in [3.8, 4) is 0 Å². The van der Waals surface area contributed by atoms with Crippen LogP contribution in [0.15, 0.2) is 29.2 Å². The molecule has 1 aromatic heterocycles. The highest BCUT2D eigenvalue weighted by Gasteiger charge is 2.17. The third-order valence-corrected chi connectivity index (χ3v) is 4.65. The Balaban J connectivity index is 2.06. The Morgan fingerprint density at radius 1 is 1.30 bits per heavy atom.